The van der Waals surface area contributed by atoms with Crippen LogP contribution >= 0.6 is 11.6 Å². The summed E-state index contributed by atoms with van der Waals surface area (Å²) in [6, 6.07) is 9.12. The van der Waals surface area contributed by atoms with Crippen LogP contribution < -0.4 is 5.32 Å². The summed E-state index contributed by atoms with van der Waals surface area (Å²) in [6.07, 6.45) is 3.97. The molecule has 19 heavy (non-hydrogen) atoms. The molecular weight excluding hydrogens is 258 g/mol. The van der Waals surface area contributed by atoms with Crippen molar-refractivity contribution in [1.29, 1.82) is 0 Å². The zero-order valence-corrected chi connectivity index (χ0v) is 12.8. The molecule has 0 amide bonds. The summed E-state index contributed by atoms with van der Waals surface area (Å²) in [6.45, 7) is 6.54. The molecule has 1 saturated heterocycles. The Morgan fingerprint density at radius 1 is 1.21 bits per heavy atom. The molecule has 1 aliphatic heterocycles. The van der Waals surface area contributed by atoms with Crippen molar-refractivity contribution in [3.8, 4) is 0 Å². The van der Waals surface area contributed by atoms with Gasteiger partial charge in [-0.3, -0.25) is 0 Å². The van der Waals surface area contributed by atoms with Gasteiger partial charge in [-0.25, -0.2) is 0 Å². The maximum Gasteiger partial charge on any atom is 0.0565 e. The van der Waals surface area contributed by atoms with Crippen molar-refractivity contribution in [2.75, 3.05) is 0 Å². The largest absolute Gasteiger partial charge is 0.375 e. The molecule has 3 unspecified atom stereocenters. The Kier molecular flexibility index (Phi) is 5.26. The first-order chi connectivity index (χ1) is 9.08. The molecule has 1 aromatic rings. The van der Waals surface area contributed by atoms with Crippen LogP contribution in [0.25, 0.3) is 0 Å². The normalized spacial score (nSPS) is 29.2. The molecule has 1 N–H and O–H groups in total. The molecule has 1 heterocycles. The van der Waals surface area contributed by atoms with Gasteiger partial charge in [0.1, 0.15) is 0 Å². The first-order valence-electron chi connectivity index (χ1n) is 7.25. The topological polar surface area (TPSA) is 21.3 Å². The van der Waals surface area contributed by atoms with Crippen molar-refractivity contribution in [3.63, 3.8) is 0 Å². The molecule has 2 nitrogen and oxygen atoms in total. The standard InChI is InChI=1S/C16H24ClNO/c1-4-16(13-5-7-14(17)8-6-13)18-15-9-11(2)19-12(3)10-15/h5-8,11-12,15-16,18H,4,9-10H2,1-3H3. The third-order valence-corrected chi connectivity index (χ3v) is 4.07. The lowest BCUT2D eigenvalue weighted by Gasteiger charge is -2.35. The Morgan fingerprint density at radius 3 is 2.32 bits per heavy atom. The molecular formula is C16H24ClNO. The average Bonchev–Trinajstić information content (AvgIpc) is 2.36. The van der Waals surface area contributed by atoms with Gasteiger partial charge in [-0.2, -0.15) is 0 Å². The lowest BCUT2D eigenvalue weighted by atomic mass is 9.96. The van der Waals surface area contributed by atoms with Crippen LogP contribution in [0.4, 0.5) is 0 Å². The van der Waals surface area contributed by atoms with E-state index in [1.807, 2.05) is 12.1 Å². The van der Waals surface area contributed by atoms with Crippen LogP contribution in [0.1, 0.15) is 51.6 Å². The van der Waals surface area contributed by atoms with E-state index in [1.54, 1.807) is 0 Å². The zero-order valence-electron chi connectivity index (χ0n) is 12.0. The average molecular weight is 282 g/mol. The molecule has 0 saturated carbocycles. The second kappa shape index (κ2) is 6.74. The molecule has 3 atom stereocenters. The van der Waals surface area contributed by atoms with Gasteiger partial charge in [-0.15, -0.1) is 0 Å². The minimum Gasteiger partial charge on any atom is -0.375 e. The van der Waals surface area contributed by atoms with E-state index < -0.39 is 0 Å². The van der Waals surface area contributed by atoms with E-state index in [0.29, 0.717) is 24.3 Å². The van der Waals surface area contributed by atoms with Crippen molar-refractivity contribution in [2.45, 2.75) is 64.3 Å². The molecule has 0 spiro atoms. The van der Waals surface area contributed by atoms with Crippen LogP contribution in [0.2, 0.25) is 5.02 Å². The minimum absolute atomic E-state index is 0.351. The van der Waals surface area contributed by atoms with Crippen molar-refractivity contribution in [1.82, 2.24) is 5.32 Å². The Bertz CT molecular complexity index is 382. The predicted octanol–water partition coefficient (Wildman–Crippen LogP) is 4.34. The number of benzene rings is 1. The maximum atomic E-state index is 5.95. The quantitative estimate of drug-likeness (QED) is 0.887. The molecule has 0 aromatic heterocycles. The van der Waals surface area contributed by atoms with Crippen LogP contribution in [-0.2, 0) is 4.74 Å². The van der Waals surface area contributed by atoms with Crippen LogP contribution in [0.5, 0.6) is 0 Å². The number of rotatable bonds is 4. The third-order valence-electron chi connectivity index (χ3n) is 3.82. The van der Waals surface area contributed by atoms with Gasteiger partial charge in [0, 0.05) is 17.1 Å². The molecule has 0 radical (unpaired) electrons. The van der Waals surface area contributed by atoms with Crippen molar-refractivity contribution in [2.24, 2.45) is 0 Å². The smallest absolute Gasteiger partial charge is 0.0565 e. The van der Waals surface area contributed by atoms with Crippen molar-refractivity contribution >= 4 is 11.6 Å². The van der Waals surface area contributed by atoms with Gasteiger partial charge >= 0.3 is 0 Å². The highest BCUT2D eigenvalue weighted by atomic mass is 35.5. The monoisotopic (exact) mass is 281 g/mol. The van der Waals surface area contributed by atoms with Gasteiger partial charge in [0.2, 0.25) is 0 Å². The molecule has 3 heteroatoms. The lowest BCUT2D eigenvalue weighted by molar-refractivity contribution is -0.0437. The van der Waals surface area contributed by atoms with E-state index in [0.717, 1.165) is 24.3 Å². The highest BCUT2D eigenvalue weighted by molar-refractivity contribution is 6.30. The number of hydrogen-bond donors (Lipinski definition) is 1. The fraction of sp³-hybridized carbons (Fsp3) is 0.625. The van der Waals surface area contributed by atoms with Gasteiger partial charge in [0.15, 0.2) is 0 Å². The number of halogens is 1. The van der Waals surface area contributed by atoms with Crippen LogP contribution in [0.3, 0.4) is 0 Å². The van der Waals surface area contributed by atoms with Crippen LogP contribution in [0.15, 0.2) is 24.3 Å². The van der Waals surface area contributed by atoms with E-state index in [2.05, 4.69) is 38.2 Å². The van der Waals surface area contributed by atoms with E-state index in [9.17, 15) is 0 Å². The summed E-state index contributed by atoms with van der Waals surface area (Å²) in [7, 11) is 0. The van der Waals surface area contributed by atoms with Gasteiger partial charge in [-0.1, -0.05) is 30.7 Å². The first-order valence-corrected chi connectivity index (χ1v) is 7.63. The summed E-state index contributed by atoms with van der Waals surface area (Å²) in [5, 5.41) is 4.58. The predicted molar refractivity (Wildman–Crippen MR) is 80.7 cm³/mol. The van der Waals surface area contributed by atoms with E-state index >= 15 is 0 Å². The summed E-state index contributed by atoms with van der Waals surface area (Å²) >= 11 is 5.95. The van der Waals surface area contributed by atoms with E-state index in [-0.39, 0.29) is 0 Å². The molecule has 1 aliphatic rings. The summed E-state index contributed by atoms with van der Waals surface area (Å²) in [4.78, 5) is 0. The van der Waals surface area contributed by atoms with Crippen molar-refractivity contribution in [3.05, 3.63) is 34.9 Å². The van der Waals surface area contributed by atoms with Gasteiger partial charge in [0.05, 0.1) is 12.2 Å². The third kappa shape index (κ3) is 4.20. The molecule has 1 fully saturated rings. The summed E-state index contributed by atoms with van der Waals surface area (Å²) in [5.74, 6) is 0. The van der Waals surface area contributed by atoms with Gasteiger partial charge in [-0.05, 0) is 50.8 Å². The maximum absolute atomic E-state index is 5.95. The second-order valence-corrected chi connectivity index (χ2v) is 6.04. The van der Waals surface area contributed by atoms with Gasteiger partial charge < -0.3 is 10.1 Å². The molecule has 2 rings (SSSR count). The van der Waals surface area contributed by atoms with Crippen molar-refractivity contribution < 1.29 is 4.74 Å². The molecule has 0 bridgehead atoms. The fourth-order valence-corrected chi connectivity index (χ4v) is 3.10. The Labute approximate surface area is 121 Å². The highest BCUT2D eigenvalue weighted by Gasteiger charge is 2.26. The molecule has 1 aromatic carbocycles. The summed E-state index contributed by atoms with van der Waals surface area (Å²) < 4.78 is 5.80. The minimum atomic E-state index is 0.351. The fourth-order valence-electron chi connectivity index (χ4n) is 2.97. The highest BCUT2D eigenvalue weighted by Crippen LogP contribution is 2.24. The Balaban J connectivity index is 2.00. The molecule has 106 valence electrons. The number of hydrogen-bond acceptors (Lipinski definition) is 2. The van der Waals surface area contributed by atoms with Gasteiger partial charge in [0.25, 0.3) is 0 Å². The number of nitrogens with one attached hydrogen (secondary N) is 1. The molecule has 0 aliphatic carbocycles. The first kappa shape index (κ1) is 14.8. The van der Waals surface area contributed by atoms with Crippen LogP contribution in [0, 0.1) is 0 Å². The Hall–Kier alpha value is -0.570. The second-order valence-electron chi connectivity index (χ2n) is 5.60. The SMILES string of the molecule is CCC(NC1CC(C)OC(C)C1)c1ccc(Cl)cc1. The number of ether oxygens (including phenoxy) is 1. The van der Waals surface area contributed by atoms with E-state index in [4.69, 9.17) is 16.3 Å². The zero-order chi connectivity index (χ0) is 13.8. The van der Waals surface area contributed by atoms with E-state index in [1.165, 1.54) is 5.56 Å². The Morgan fingerprint density at radius 2 is 1.79 bits per heavy atom. The lowest BCUT2D eigenvalue weighted by Crippen LogP contribution is -2.42. The summed E-state index contributed by atoms with van der Waals surface area (Å²) in [5.41, 5.74) is 1.32. The van der Waals surface area contributed by atoms with Crippen LogP contribution in [-0.4, -0.2) is 18.2 Å².